The minimum Gasteiger partial charge on any atom is -0.374 e. The van der Waals surface area contributed by atoms with E-state index >= 15 is 0 Å². The first kappa shape index (κ1) is 12.3. The number of aryl methyl sites for hydroxylation is 2. The highest BCUT2D eigenvalue weighted by atomic mass is 35.5. The second-order valence-electron chi connectivity index (χ2n) is 3.95. The molecule has 2 aromatic rings. The minimum absolute atomic E-state index is 0.125. The first-order valence-corrected chi connectivity index (χ1v) is 6.63. The van der Waals surface area contributed by atoms with E-state index in [0.717, 1.165) is 22.0 Å². The van der Waals surface area contributed by atoms with Crippen LogP contribution < -0.4 is 5.32 Å². The zero-order valence-electron chi connectivity index (χ0n) is 9.99. The van der Waals surface area contributed by atoms with Gasteiger partial charge in [-0.1, -0.05) is 11.6 Å². The van der Waals surface area contributed by atoms with Crippen molar-refractivity contribution >= 4 is 28.6 Å². The third kappa shape index (κ3) is 2.76. The fraction of sp³-hybridized carbons (Fsp3) is 0.333. The number of halogens is 1. The van der Waals surface area contributed by atoms with Crippen molar-refractivity contribution in [3.63, 3.8) is 0 Å². The topological polar surface area (TPSA) is 37.8 Å². The second-order valence-corrected chi connectivity index (χ2v) is 5.37. The normalized spacial score (nSPS) is 12.5. The van der Waals surface area contributed by atoms with E-state index in [-0.39, 0.29) is 6.04 Å². The molecule has 0 fully saturated rings. The molecule has 5 heteroatoms. The number of nitrogens with zero attached hydrogens (tertiary/aromatic N) is 2. The van der Waals surface area contributed by atoms with Crippen LogP contribution in [0.15, 0.2) is 17.6 Å². The van der Waals surface area contributed by atoms with E-state index in [1.54, 1.807) is 17.5 Å². The second kappa shape index (κ2) is 5.02. The van der Waals surface area contributed by atoms with Crippen LogP contribution in [-0.4, -0.2) is 9.97 Å². The van der Waals surface area contributed by atoms with Crippen molar-refractivity contribution in [2.45, 2.75) is 26.8 Å². The summed E-state index contributed by atoms with van der Waals surface area (Å²) in [6, 6.07) is 2.06. The summed E-state index contributed by atoms with van der Waals surface area (Å²) in [6.07, 6.45) is 1.71. The van der Waals surface area contributed by atoms with Crippen LogP contribution in [0, 0.1) is 13.8 Å². The summed E-state index contributed by atoms with van der Waals surface area (Å²) in [6.45, 7) is 6.08. The van der Waals surface area contributed by atoms with Gasteiger partial charge in [-0.15, -0.1) is 11.3 Å². The third-order valence-electron chi connectivity index (χ3n) is 2.55. The highest BCUT2D eigenvalue weighted by molar-refractivity contribution is 7.09. The van der Waals surface area contributed by atoms with Crippen molar-refractivity contribution in [3.8, 4) is 0 Å². The number of hydrogen-bond acceptors (Lipinski definition) is 4. The van der Waals surface area contributed by atoms with Crippen molar-refractivity contribution in [2.75, 3.05) is 5.32 Å². The lowest BCUT2D eigenvalue weighted by atomic mass is 10.2. The van der Waals surface area contributed by atoms with E-state index < -0.39 is 0 Å². The Morgan fingerprint density at radius 2 is 2.18 bits per heavy atom. The molecular weight excluding hydrogens is 254 g/mol. The van der Waals surface area contributed by atoms with Crippen LogP contribution in [0.4, 0.5) is 5.69 Å². The summed E-state index contributed by atoms with van der Waals surface area (Å²) in [7, 11) is 0. The molecule has 0 saturated heterocycles. The highest BCUT2D eigenvalue weighted by Crippen LogP contribution is 2.27. The molecule has 0 saturated carbocycles. The fourth-order valence-electron chi connectivity index (χ4n) is 1.57. The van der Waals surface area contributed by atoms with Crippen LogP contribution in [0.25, 0.3) is 0 Å². The monoisotopic (exact) mass is 267 g/mol. The Labute approximate surface area is 110 Å². The smallest absolute Gasteiger partial charge is 0.152 e. The molecule has 3 nitrogen and oxygen atoms in total. The fourth-order valence-corrected chi connectivity index (χ4v) is 2.53. The lowest BCUT2D eigenvalue weighted by molar-refractivity contribution is 0.842. The maximum atomic E-state index is 6.07. The molecule has 0 spiro atoms. The Bertz CT molecular complexity index is 504. The van der Waals surface area contributed by atoms with Crippen molar-refractivity contribution < 1.29 is 0 Å². The molecule has 0 aliphatic rings. The maximum absolute atomic E-state index is 6.07. The molecule has 1 atom stereocenters. The van der Waals surface area contributed by atoms with Gasteiger partial charge in [0.1, 0.15) is 0 Å². The van der Waals surface area contributed by atoms with Gasteiger partial charge in [-0.05, 0) is 32.4 Å². The Balaban J connectivity index is 2.21. The Morgan fingerprint density at radius 3 is 2.76 bits per heavy atom. The number of rotatable bonds is 3. The molecule has 0 bridgehead atoms. The molecule has 1 unspecified atom stereocenters. The molecule has 0 aliphatic carbocycles. The van der Waals surface area contributed by atoms with E-state index in [9.17, 15) is 0 Å². The number of hydrogen-bond donors (Lipinski definition) is 1. The molecule has 0 aliphatic heterocycles. The van der Waals surface area contributed by atoms with Gasteiger partial charge in [0.25, 0.3) is 0 Å². The lowest BCUT2D eigenvalue weighted by Gasteiger charge is -2.15. The van der Waals surface area contributed by atoms with Crippen molar-refractivity contribution in [2.24, 2.45) is 0 Å². The average molecular weight is 268 g/mol. The van der Waals surface area contributed by atoms with E-state index in [2.05, 4.69) is 27.6 Å². The average Bonchev–Trinajstić information content (AvgIpc) is 2.70. The van der Waals surface area contributed by atoms with Gasteiger partial charge < -0.3 is 5.32 Å². The van der Waals surface area contributed by atoms with Gasteiger partial charge in [0.2, 0.25) is 0 Å². The minimum atomic E-state index is 0.125. The SMILES string of the molecule is Cc1nc(C(C)Nc2c(C)ccnc2Cl)cs1. The summed E-state index contributed by atoms with van der Waals surface area (Å²) >= 11 is 7.73. The number of thiazole rings is 1. The predicted molar refractivity (Wildman–Crippen MR) is 72.9 cm³/mol. The lowest BCUT2D eigenvalue weighted by Crippen LogP contribution is -2.09. The van der Waals surface area contributed by atoms with Gasteiger partial charge in [-0.25, -0.2) is 9.97 Å². The van der Waals surface area contributed by atoms with Gasteiger partial charge in [-0.2, -0.15) is 0 Å². The van der Waals surface area contributed by atoms with Crippen molar-refractivity contribution in [3.05, 3.63) is 39.1 Å². The van der Waals surface area contributed by atoms with E-state index in [1.165, 1.54) is 0 Å². The number of pyridine rings is 1. The molecule has 2 aromatic heterocycles. The molecule has 2 heterocycles. The van der Waals surface area contributed by atoms with E-state index in [0.29, 0.717) is 5.15 Å². The summed E-state index contributed by atoms with van der Waals surface area (Å²) in [5, 5.41) is 7.00. The number of anilines is 1. The molecule has 0 aromatic carbocycles. The molecule has 90 valence electrons. The highest BCUT2D eigenvalue weighted by Gasteiger charge is 2.12. The Kier molecular flexibility index (Phi) is 3.64. The Morgan fingerprint density at radius 1 is 1.41 bits per heavy atom. The first-order valence-electron chi connectivity index (χ1n) is 5.37. The number of nitrogens with one attached hydrogen (secondary N) is 1. The van der Waals surface area contributed by atoms with Crippen LogP contribution in [0.5, 0.6) is 0 Å². The molecule has 17 heavy (non-hydrogen) atoms. The summed E-state index contributed by atoms with van der Waals surface area (Å²) in [4.78, 5) is 8.54. The predicted octanol–water partition coefficient (Wildman–Crippen LogP) is 3.98. The van der Waals surface area contributed by atoms with Crippen molar-refractivity contribution in [1.82, 2.24) is 9.97 Å². The van der Waals surface area contributed by atoms with Gasteiger partial charge in [-0.3, -0.25) is 0 Å². The van der Waals surface area contributed by atoms with Crippen LogP contribution >= 0.6 is 22.9 Å². The van der Waals surface area contributed by atoms with Crippen LogP contribution in [0.3, 0.4) is 0 Å². The first-order chi connectivity index (χ1) is 8.08. The Hall–Kier alpha value is -1.13. The molecule has 0 amide bonds. The zero-order valence-corrected chi connectivity index (χ0v) is 11.6. The maximum Gasteiger partial charge on any atom is 0.152 e. The third-order valence-corrected chi connectivity index (χ3v) is 3.63. The standard InChI is InChI=1S/C12H14ClN3S/c1-7-4-5-14-12(13)11(7)15-8(2)10-6-17-9(3)16-10/h4-6,8,15H,1-3H3. The molecule has 1 N–H and O–H groups in total. The van der Waals surface area contributed by atoms with Gasteiger partial charge >= 0.3 is 0 Å². The van der Waals surface area contributed by atoms with E-state index in [4.69, 9.17) is 11.6 Å². The van der Waals surface area contributed by atoms with E-state index in [1.807, 2.05) is 19.9 Å². The summed E-state index contributed by atoms with van der Waals surface area (Å²) in [5.74, 6) is 0. The largest absolute Gasteiger partial charge is 0.374 e. The van der Waals surface area contributed by atoms with Gasteiger partial charge in [0.15, 0.2) is 5.15 Å². The number of aromatic nitrogens is 2. The quantitative estimate of drug-likeness (QED) is 0.855. The molecule has 2 rings (SSSR count). The summed E-state index contributed by atoms with van der Waals surface area (Å²) in [5.41, 5.74) is 3.00. The van der Waals surface area contributed by atoms with Gasteiger partial charge in [0.05, 0.1) is 22.4 Å². The van der Waals surface area contributed by atoms with Crippen LogP contribution in [0.2, 0.25) is 5.15 Å². The van der Waals surface area contributed by atoms with Crippen LogP contribution in [0.1, 0.15) is 29.2 Å². The molecular formula is C12H14ClN3S. The zero-order chi connectivity index (χ0) is 12.4. The van der Waals surface area contributed by atoms with Gasteiger partial charge in [0, 0.05) is 11.6 Å². The summed E-state index contributed by atoms with van der Waals surface area (Å²) < 4.78 is 0. The van der Waals surface area contributed by atoms with Crippen molar-refractivity contribution in [1.29, 1.82) is 0 Å². The molecule has 0 radical (unpaired) electrons. The van der Waals surface area contributed by atoms with Crippen LogP contribution in [-0.2, 0) is 0 Å².